The van der Waals surface area contributed by atoms with Crippen molar-refractivity contribution in [2.75, 3.05) is 6.61 Å². The molecule has 0 amide bonds. The fourth-order valence-corrected chi connectivity index (χ4v) is 9.92. The Morgan fingerprint density at radius 3 is 1.82 bits per heavy atom. The normalized spacial score (nSPS) is 17.2. The molecule has 0 saturated heterocycles. The summed E-state index contributed by atoms with van der Waals surface area (Å²) >= 11 is 21.3. The molecular formula is C22H40Br6O8S2. The molecule has 0 bridgehead atoms. The van der Waals surface area contributed by atoms with Crippen molar-refractivity contribution in [3.05, 3.63) is 0 Å². The van der Waals surface area contributed by atoms with Gasteiger partial charge in [0.05, 0.1) is 11.4 Å². The van der Waals surface area contributed by atoms with Gasteiger partial charge in [-0.05, 0) is 25.7 Å². The van der Waals surface area contributed by atoms with Crippen LogP contribution in [0.3, 0.4) is 0 Å². The molecule has 0 fully saturated rings. The van der Waals surface area contributed by atoms with Crippen molar-refractivity contribution < 1.29 is 34.3 Å². The number of alkyl halides is 6. The van der Waals surface area contributed by atoms with E-state index in [-0.39, 0.29) is 25.9 Å². The van der Waals surface area contributed by atoms with Crippen LogP contribution in [0.4, 0.5) is 0 Å². The first-order valence-electron chi connectivity index (χ1n) is 12.7. The Kier molecular flexibility index (Phi) is 22.8. The Morgan fingerprint density at radius 1 is 0.737 bits per heavy atom. The van der Waals surface area contributed by atoms with E-state index in [9.17, 15) is 21.4 Å². The Balaban J connectivity index is 4.39. The first-order valence-corrected chi connectivity index (χ1v) is 20.7. The van der Waals surface area contributed by atoms with Crippen molar-refractivity contribution in [3.8, 4) is 0 Å². The summed E-state index contributed by atoms with van der Waals surface area (Å²) in [6.45, 7) is 1.95. The van der Waals surface area contributed by atoms with E-state index < -0.39 is 30.1 Å². The lowest BCUT2D eigenvalue weighted by atomic mass is 10.0. The van der Waals surface area contributed by atoms with Crippen molar-refractivity contribution >= 4 is 116 Å². The highest BCUT2D eigenvalue weighted by Gasteiger charge is 2.36. The van der Waals surface area contributed by atoms with E-state index in [1.54, 1.807) is 0 Å². The van der Waals surface area contributed by atoms with Crippen LogP contribution in [0, 0.1) is 0 Å². The van der Waals surface area contributed by atoms with Gasteiger partial charge in [-0.3, -0.25) is 9.11 Å². The minimum absolute atomic E-state index is 0.00517. The zero-order valence-corrected chi connectivity index (χ0v) is 32.6. The van der Waals surface area contributed by atoms with E-state index in [0.717, 1.165) is 77.0 Å². The van der Waals surface area contributed by atoms with Gasteiger partial charge in [0.2, 0.25) is 0 Å². The molecule has 0 aliphatic heterocycles. The second-order valence-corrected chi connectivity index (χ2v) is 20.3. The van der Waals surface area contributed by atoms with Gasteiger partial charge in [0.1, 0.15) is 9.34 Å². The SMILES string of the molecule is CCCCCC[C@@H](Br)[C@@H](Br)[C@@H](OS(=O)(=O)O)[C@H](Br)C[C@@H](Br)CCCCCCCCC(Br)(Br)COS(=O)(=O)O. The highest BCUT2D eigenvalue weighted by molar-refractivity contribution is 9.25. The Hall–Kier alpha value is 2.62. The Labute approximate surface area is 280 Å². The van der Waals surface area contributed by atoms with Crippen LogP contribution in [-0.2, 0) is 29.2 Å². The van der Waals surface area contributed by atoms with E-state index in [2.05, 4.69) is 107 Å². The van der Waals surface area contributed by atoms with Crippen LogP contribution in [0.1, 0.15) is 96.8 Å². The lowest BCUT2D eigenvalue weighted by Crippen LogP contribution is -2.40. The van der Waals surface area contributed by atoms with Crippen LogP contribution in [0.5, 0.6) is 0 Å². The number of hydrogen-bond donors (Lipinski definition) is 2. The van der Waals surface area contributed by atoms with Gasteiger partial charge in [-0.15, -0.1) is 0 Å². The third-order valence-corrected chi connectivity index (χ3v) is 12.5. The maximum atomic E-state index is 11.5. The molecule has 0 heterocycles. The molecule has 0 aromatic heterocycles. The van der Waals surface area contributed by atoms with Gasteiger partial charge in [-0.1, -0.05) is 167 Å². The zero-order valence-electron chi connectivity index (χ0n) is 21.4. The lowest BCUT2D eigenvalue weighted by Gasteiger charge is -2.30. The molecule has 0 rings (SSSR count). The minimum atomic E-state index is -4.61. The van der Waals surface area contributed by atoms with E-state index in [1.807, 2.05) is 0 Å². The monoisotopic (exact) mass is 970 g/mol. The van der Waals surface area contributed by atoms with Crippen molar-refractivity contribution in [2.24, 2.45) is 0 Å². The Morgan fingerprint density at radius 2 is 1.26 bits per heavy atom. The van der Waals surface area contributed by atoms with E-state index in [4.69, 9.17) is 8.74 Å². The summed E-state index contributed by atoms with van der Waals surface area (Å²) in [5, 5.41) is 0. The van der Waals surface area contributed by atoms with Crippen LogP contribution in [0.2, 0.25) is 0 Å². The standard InChI is InChI=1S/C22H40Br6O8S2/c1-2-3-4-10-13-18(24)20(26)21(36-38(32,33)34)19(25)15-17(23)12-9-7-5-6-8-11-14-22(27,28)16-35-37(29,30)31/h17-21H,2-16H2,1H3,(H,29,30,31)(H,32,33,34)/t17-,18+,19+,20+,21-/m0/s1. The highest BCUT2D eigenvalue weighted by Crippen LogP contribution is 2.34. The summed E-state index contributed by atoms with van der Waals surface area (Å²) in [6.07, 6.45) is 12.8. The summed E-state index contributed by atoms with van der Waals surface area (Å²) in [7, 11) is -9.07. The molecule has 0 aliphatic rings. The number of halogens is 6. The highest BCUT2D eigenvalue weighted by atomic mass is 79.9. The van der Waals surface area contributed by atoms with Crippen LogP contribution in [0.15, 0.2) is 0 Å². The van der Waals surface area contributed by atoms with E-state index in [0.29, 0.717) is 12.8 Å². The van der Waals surface area contributed by atoms with Gasteiger partial charge in [0.25, 0.3) is 0 Å². The van der Waals surface area contributed by atoms with Crippen molar-refractivity contribution in [1.29, 1.82) is 0 Å². The molecule has 0 radical (unpaired) electrons. The average molecular weight is 976 g/mol. The fourth-order valence-electron chi connectivity index (χ4n) is 3.77. The van der Waals surface area contributed by atoms with Gasteiger partial charge in [0, 0.05) is 14.5 Å². The smallest absolute Gasteiger partial charge is 0.264 e. The van der Waals surface area contributed by atoms with Crippen LogP contribution in [0.25, 0.3) is 0 Å². The zero-order chi connectivity index (χ0) is 29.4. The molecule has 2 N–H and O–H groups in total. The second kappa shape index (κ2) is 21.3. The van der Waals surface area contributed by atoms with Crippen LogP contribution >= 0.6 is 95.6 Å². The first kappa shape index (κ1) is 40.6. The lowest BCUT2D eigenvalue weighted by molar-refractivity contribution is 0.173. The van der Waals surface area contributed by atoms with Gasteiger partial charge >= 0.3 is 20.8 Å². The molecule has 8 nitrogen and oxygen atoms in total. The maximum absolute atomic E-state index is 11.5. The van der Waals surface area contributed by atoms with E-state index in [1.165, 1.54) is 0 Å². The summed E-state index contributed by atoms with van der Waals surface area (Å²) < 4.78 is 71.3. The largest absolute Gasteiger partial charge is 0.397 e. The first-order chi connectivity index (χ1) is 17.5. The number of rotatable bonds is 24. The summed E-state index contributed by atoms with van der Waals surface area (Å²) in [4.78, 5) is -0.461. The number of hydrogen-bond acceptors (Lipinski definition) is 6. The third kappa shape index (κ3) is 23.1. The fraction of sp³-hybridized carbons (Fsp3) is 1.00. The van der Waals surface area contributed by atoms with Crippen molar-refractivity contribution in [2.45, 2.75) is 125 Å². The molecular weight excluding hydrogens is 936 g/mol. The van der Waals surface area contributed by atoms with E-state index >= 15 is 0 Å². The molecule has 16 heteroatoms. The molecule has 0 saturated carbocycles. The molecule has 0 aromatic carbocycles. The molecule has 230 valence electrons. The third-order valence-electron chi connectivity index (χ3n) is 5.79. The van der Waals surface area contributed by atoms with Gasteiger partial charge in [-0.2, -0.15) is 16.8 Å². The number of unbranched alkanes of at least 4 members (excludes halogenated alkanes) is 8. The molecule has 0 spiro atoms. The molecule has 0 unspecified atom stereocenters. The average Bonchev–Trinajstić information content (AvgIpc) is 2.79. The summed E-state index contributed by atoms with van der Waals surface area (Å²) in [6, 6.07) is 0. The van der Waals surface area contributed by atoms with Gasteiger partial charge in [-0.25, -0.2) is 8.37 Å². The predicted molar refractivity (Wildman–Crippen MR) is 176 cm³/mol. The molecule has 0 aromatic rings. The summed E-state index contributed by atoms with van der Waals surface area (Å²) in [5.41, 5.74) is 0. The minimum Gasteiger partial charge on any atom is -0.264 e. The van der Waals surface area contributed by atoms with Crippen molar-refractivity contribution in [3.63, 3.8) is 0 Å². The quantitative estimate of drug-likeness (QED) is 0.0558. The second-order valence-electron chi connectivity index (χ2n) is 9.35. The van der Waals surface area contributed by atoms with Crippen LogP contribution < -0.4 is 0 Å². The van der Waals surface area contributed by atoms with Crippen LogP contribution in [-0.4, -0.2) is 61.2 Å². The van der Waals surface area contributed by atoms with Gasteiger partial charge < -0.3 is 0 Å². The predicted octanol–water partition coefficient (Wildman–Crippen LogP) is 9.02. The molecule has 38 heavy (non-hydrogen) atoms. The topological polar surface area (TPSA) is 127 Å². The van der Waals surface area contributed by atoms with Crippen molar-refractivity contribution in [1.82, 2.24) is 0 Å². The molecule has 0 aliphatic carbocycles. The maximum Gasteiger partial charge on any atom is 0.397 e. The Bertz CT molecular complexity index is 832. The molecule has 5 atom stereocenters. The summed E-state index contributed by atoms with van der Waals surface area (Å²) in [5.74, 6) is 0. The van der Waals surface area contributed by atoms with Gasteiger partial charge in [0.15, 0.2) is 0 Å².